The summed E-state index contributed by atoms with van der Waals surface area (Å²) in [7, 11) is 0. The number of nitrogens with one attached hydrogen (secondary N) is 1. The summed E-state index contributed by atoms with van der Waals surface area (Å²) < 4.78 is 5.78. The first kappa shape index (κ1) is 27.4. The van der Waals surface area contributed by atoms with Gasteiger partial charge in [-0.3, -0.25) is 9.59 Å². The van der Waals surface area contributed by atoms with Crippen LogP contribution < -0.4 is 10.1 Å². The minimum absolute atomic E-state index is 0.159. The number of hydrogen-bond donors (Lipinski definition) is 3. The molecule has 2 amide bonds. The summed E-state index contributed by atoms with van der Waals surface area (Å²) in [5, 5.41) is 23.3. The van der Waals surface area contributed by atoms with Gasteiger partial charge in [0.05, 0.1) is 6.61 Å². The van der Waals surface area contributed by atoms with Gasteiger partial charge >= 0.3 is 0 Å². The van der Waals surface area contributed by atoms with Gasteiger partial charge in [-0.25, -0.2) is 0 Å². The number of likely N-dealkylation sites (tertiary alicyclic amines) is 1. The van der Waals surface area contributed by atoms with Crippen molar-refractivity contribution in [2.75, 3.05) is 19.7 Å². The molecular formula is C31H36N2O5. The summed E-state index contributed by atoms with van der Waals surface area (Å²) in [6, 6.07) is 27.6. The minimum Gasteiger partial charge on any atom is -0.493 e. The highest BCUT2D eigenvalue weighted by molar-refractivity contribution is 5.90. The lowest BCUT2D eigenvalue weighted by Crippen LogP contribution is -2.52. The van der Waals surface area contributed by atoms with Crippen LogP contribution in [0.4, 0.5) is 0 Å². The number of rotatable bonds is 11. The van der Waals surface area contributed by atoms with Crippen molar-refractivity contribution in [3.05, 3.63) is 102 Å². The lowest BCUT2D eigenvalue weighted by atomic mass is 9.90. The maximum absolute atomic E-state index is 12.7. The number of carbonyl (C=O) groups excluding carboxylic acids is 2. The zero-order valence-electron chi connectivity index (χ0n) is 21.5. The first-order chi connectivity index (χ1) is 18.5. The van der Waals surface area contributed by atoms with Gasteiger partial charge in [0.1, 0.15) is 5.75 Å². The van der Waals surface area contributed by atoms with Crippen LogP contribution in [0.5, 0.6) is 5.75 Å². The number of aliphatic hydroxyl groups excluding tert-OH is 2. The molecule has 1 heterocycles. The quantitative estimate of drug-likeness (QED) is 0.364. The van der Waals surface area contributed by atoms with Gasteiger partial charge in [0.15, 0.2) is 12.2 Å². The fourth-order valence-electron chi connectivity index (χ4n) is 4.70. The summed E-state index contributed by atoms with van der Waals surface area (Å²) in [5.41, 5.74) is 3.29. The molecule has 1 fully saturated rings. The molecule has 1 saturated heterocycles. The van der Waals surface area contributed by atoms with Crippen molar-refractivity contribution in [1.29, 1.82) is 0 Å². The van der Waals surface area contributed by atoms with Crippen LogP contribution in [0, 0.1) is 5.92 Å². The third-order valence-corrected chi connectivity index (χ3v) is 7.01. The molecule has 0 spiro atoms. The van der Waals surface area contributed by atoms with E-state index in [1.807, 2.05) is 60.7 Å². The third-order valence-electron chi connectivity index (χ3n) is 7.01. The fraction of sp³-hybridized carbons (Fsp3) is 0.355. The van der Waals surface area contributed by atoms with Crippen molar-refractivity contribution >= 4 is 11.8 Å². The predicted octanol–water partition coefficient (Wildman–Crippen LogP) is 3.13. The number of nitrogens with zero attached hydrogens (tertiary/aromatic N) is 1. The number of benzene rings is 3. The minimum atomic E-state index is -1.83. The summed E-state index contributed by atoms with van der Waals surface area (Å²) in [6.45, 7) is 1.72. The fourth-order valence-corrected chi connectivity index (χ4v) is 4.70. The van der Waals surface area contributed by atoms with E-state index in [9.17, 15) is 19.8 Å². The van der Waals surface area contributed by atoms with Gasteiger partial charge in [-0.1, -0.05) is 72.8 Å². The Hall–Kier alpha value is -3.68. The van der Waals surface area contributed by atoms with E-state index in [2.05, 4.69) is 29.6 Å². The van der Waals surface area contributed by atoms with Crippen LogP contribution in [-0.4, -0.2) is 58.8 Å². The van der Waals surface area contributed by atoms with Gasteiger partial charge < -0.3 is 25.2 Å². The number of piperidine rings is 1. The Balaban J connectivity index is 1.17. The van der Waals surface area contributed by atoms with Gasteiger partial charge in [0.2, 0.25) is 0 Å². The van der Waals surface area contributed by atoms with Gasteiger partial charge in [0.25, 0.3) is 11.8 Å². The zero-order valence-corrected chi connectivity index (χ0v) is 21.5. The molecule has 2 atom stereocenters. The summed E-state index contributed by atoms with van der Waals surface area (Å²) in [4.78, 5) is 26.7. The number of amides is 2. The molecule has 7 heteroatoms. The van der Waals surface area contributed by atoms with Crippen molar-refractivity contribution in [1.82, 2.24) is 10.2 Å². The first-order valence-corrected chi connectivity index (χ1v) is 13.2. The molecule has 3 aromatic rings. The lowest BCUT2D eigenvalue weighted by molar-refractivity contribution is -0.154. The Morgan fingerprint density at radius 1 is 0.816 bits per heavy atom. The molecule has 1 aliphatic rings. The van der Waals surface area contributed by atoms with Crippen LogP contribution in [0.25, 0.3) is 0 Å². The Bertz CT molecular complexity index is 1150. The topological polar surface area (TPSA) is 99.1 Å². The molecule has 0 bridgehead atoms. The van der Waals surface area contributed by atoms with Crippen LogP contribution in [0.2, 0.25) is 0 Å². The lowest BCUT2D eigenvalue weighted by Gasteiger charge is -2.34. The van der Waals surface area contributed by atoms with Crippen LogP contribution >= 0.6 is 0 Å². The second kappa shape index (κ2) is 13.7. The number of hydrogen-bond acceptors (Lipinski definition) is 5. The number of ether oxygens (including phenoxy) is 1. The van der Waals surface area contributed by atoms with E-state index in [1.54, 1.807) is 4.90 Å². The van der Waals surface area contributed by atoms with E-state index in [0.717, 1.165) is 37.0 Å². The molecular weight excluding hydrogens is 480 g/mol. The highest BCUT2D eigenvalue weighted by Gasteiger charge is 2.34. The summed E-state index contributed by atoms with van der Waals surface area (Å²) in [6.07, 6.45) is -0.213. The first-order valence-electron chi connectivity index (χ1n) is 13.2. The van der Waals surface area contributed by atoms with Crippen LogP contribution in [0.15, 0.2) is 84.9 Å². The third kappa shape index (κ3) is 7.91. The SMILES string of the molecule is O=C(NCc1ccc(OCCc2ccccc2)cc1)[C@H](O)[C@@H](O)C(=O)N1CCC(Cc2ccccc2)CC1. The van der Waals surface area contributed by atoms with E-state index in [0.29, 0.717) is 25.6 Å². The Labute approximate surface area is 224 Å². The molecule has 0 unspecified atom stereocenters. The molecule has 0 aromatic heterocycles. The van der Waals surface area contributed by atoms with Crippen molar-refractivity contribution < 1.29 is 24.5 Å². The van der Waals surface area contributed by atoms with Gasteiger partial charge in [0, 0.05) is 26.1 Å². The maximum Gasteiger partial charge on any atom is 0.254 e. The molecule has 200 valence electrons. The zero-order chi connectivity index (χ0) is 26.7. The van der Waals surface area contributed by atoms with Gasteiger partial charge in [-0.15, -0.1) is 0 Å². The average molecular weight is 517 g/mol. The normalized spacial score (nSPS) is 15.5. The smallest absolute Gasteiger partial charge is 0.254 e. The second-order valence-electron chi connectivity index (χ2n) is 9.79. The van der Waals surface area contributed by atoms with Crippen LogP contribution in [-0.2, 0) is 29.0 Å². The van der Waals surface area contributed by atoms with E-state index < -0.39 is 24.0 Å². The van der Waals surface area contributed by atoms with Crippen LogP contribution in [0.3, 0.4) is 0 Å². The summed E-state index contributed by atoms with van der Waals surface area (Å²) in [5.74, 6) is -0.201. The Kier molecular flexibility index (Phi) is 9.90. The predicted molar refractivity (Wildman–Crippen MR) is 145 cm³/mol. The van der Waals surface area contributed by atoms with Crippen molar-refractivity contribution in [2.24, 2.45) is 5.92 Å². The number of carbonyl (C=O) groups is 2. The molecule has 1 aliphatic heterocycles. The van der Waals surface area contributed by atoms with Crippen molar-refractivity contribution in [3.8, 4) is 5.75 Å². The molecule has 4 rings (SSSR count). The average Bonchev–Trinajstić information content (AvgIpc) is 2.97. The van der Waals surface area contributed by atoms with Crippen molar-refractivity contribution in [3.63, 3.8) is 0 Å². The molecule has 38 heavy (non-hydrogen) atoms. The van der Waals surface area contributed by atoms with E-state index in [1.165, 1.54) is 11.1 Å². The molecule has 7 nitrogen and oxygen atoms in total. The maximum atomic E-state index is 12.7. The largest absolute Gasteiger partial charge is 0.493 e. The molecule has 3 aromatic carbocycles. The highest BCUT2D eigenvalue weighted by atomic mass is 16.5. The monoisotopic (exact) mass is 516 g/mol. The molecule has 0 radical (unpaired) electrons. The standard InChI is InChI=1S/C31H36N2O5/c34-28(29(35)31(37)33-18-15-25(16-19-33)21-24-9-5-2-6-10-24)30(36)32-22-26-11-13-27(14-12-26)38-20-17-23-7-3-1-4-8-23/h1-14,25,28-29,34-35H,15-22H2,(H,32,36)/t28-,29-/m1/s1. The molecule has 0 saturated carbocycles. The van der Waals surface area contributed by atoms with E-state index in [-0.39, 0.29) is 6.54 Å². The summed E-state index contributed by atoms with van der Waals surface area (Å²) >= 11 is 0. The van der Waals surface area contributed by atoms with E-state index >= 15 is 0 Å². The Morgan fingerprint density at radius 2 is 1.42 bits per heavy atom. The van der Waals surface area contributed by atoms with E-state index in [4.69, 9.17) is 4.74 Å². The molecule has 3 N–H and O–H groups in total. The van der Waals surface area contributed by atoms with Crippen LogP contribution in [0.1, 0.15) is 29.5 Å². The Morgan fingerprint density at radius 3 is 2.05 bits per heavy atom. The van der Waals surface area contributed by atoms with Gasteiger partial charge in [-0.05, 0) is 54.0 Å². The second-order valence-corrected chi connectivity index (χ2v) is 9.79. The molecule has 0 aliphatic carbocycles. The van der Waals surface area contributed by atoms with Gasteiger partial charge in [-0.2, -0.15) is 0 Å². The number of aliphatic hydroxyl groups is 2. The highest BCUT2D eigenvalue weighted by Crippen LogP contribution is 2.22. The van der Waals surface area contributed by atoms with Crippen molar-refractivity contribution in [2.45, 2.75) is 44.4 Å².